The topological polar surface area (TPSA) is 43.4 Å². The molecule has 3 nitrogen and oxygen atoms in total. The van der Waals surface area contributed by atoms with E-state index in [1.54, 1.807) is 0 Å². The summed E-state index contributed by atoms with van der Waals surface area (Å²) in [6, 6.07) is 7.88. The van der Waals surface area contributed by atoms with Gasteiger partial charge in [-0.3, -0.25) is 4.18 Å². The van der Waals surface area contributed by atoms with Crippen molar-refractivity contribution < 1.29 is 12.6 Å². The Morgan fingerprint density at radius 1 is 1.33 bits per heavy atom. The van der Waals surface area contributed by atoms with Gasteiger partial charge in [-0.25, -0.2) is 0 Å². The van der Waals surface area contributed by atoms with Crippen LogP contribution in [0.3, 0.4) is 0 Å². The number of rotatable bonds is 4. The molecule has 0 N–H and O–H groups in total. The van der Waals surface area contributed by atoms with Crippen molar-refractivity contribution in [1.29, 1.82) is 0 Å². The van der Waals surface area contributed by atoms with Crippen molar-refractivity contribution in [2.24, 2.45) is 0 Å². The smallest absolute Gasteiger partial charge is 0.264 e. The van der Waals surface area contributed by atoms with E-state index in [0.29, 0.717) is 5.92 Å². The Hall–Kier alpha value is -0.870. The minimum absolute atomic E-state index is 0.158. The molecule has 0 atom stereocenters. The number of benzene rings is 1. The normalized spacial score (nSPS) is 16.6. The molecule has 1 aromatic carbocycles. The Morgan fingerprint density at radius 3 is 2.60 bits per heavy atom. The third kappa shape index (κ3) is 3.04. The molecular weight excluding hydrogens is 212 g/mol. The molecule has 2 rings (SSSR count). The van der Waals surface area contributed by atoms with E-state index >= 15 is 0 Å². The lowest BCUT2D eigenvalue weighted by atomic mass is 10.0. The van der Waals surface area contributed by atoms with Crippen molar-refractivity contribution in [3.05, 3.63) is 35.4 Å². The molecule has 1 aliphatic carbocycles. The molecule has 0 aromatic heterocycles. The van der Waals surface area contributed by atoms with Gasteiger partial charge in [-0.05, 0) is 29.9 Å². The standard InChI is InChI=1S/C11H14O3S/c1-15(12,13)14-8-10-4-2-3-5-11(10)9-6-7-9/h2-5,9H,6-8H2,1H3. The van der Waals surface area contributed by atoms with E-state index in [-0.39, 0.29) is 6.61 Å². The highest BCUT2D eigenvalue weighted by atomic mass is 32.2. The second kappa shape index (κ2) is 3.94. The molecule has 82 valence electrons. The van der Waals surface area contributed by atoms with Crippen molar-refractivity contribution in [3.63, 3.8) is 0 Å². The summed E-state index contributed by atoms with van der Waals surface area (Å²) in [4.78, 5) is 0. The average Bonchev–Trinajstić information content (AvgIpc) is 2.97. The first-order valence-electron chi connectivity index (χ1n) is 4.98. The zero-order valence-electron chi connectivity index (χ0n) is 8.64. The van der Waals surface area contributed by atoms with Crippen LogP contribution in [0.15, 0.2) is 24.3 Å². The number of hydrogen-bond acceptors (Lipinski definition) is 3. The molecule has 0 unspecified atom stereocenters. The summed E-state index contributed by atoms with van der Waals surface area (Å²) in [5, 5.41) is 0. The Morgan fingerprint density at radius 2 is 2.00 bits per heavy atom. The van der Waals surface area contributed by atoms with E-state index in [9.17, 15) is 8.42 Å². The lowest BCUT2D eigenvalue weighted by Gasteiger charge is -2.07. The Labute approximate surface area is 90.2 Å². The second-order valence-corrected chi connectivity index (χ2v) is 5.58. The van der Waals surface area contributed by atoms with Gasteiger partial charge < -0.3 is 0 Å². The summed E-state index contributed by atoms with van der Waals surface area (Å²) < 4.78 is 26.6. The van der Waals surface area contributed by atoms with E-state index in [2.05, 4.69) is 6.07 Å². The predicted molar refractivity (Wildman–Crippen MR) is 58.0 cm³/mol. The van der Waals surface area contributed by atoms with Gasteiger partial charge in [0, 0.05) is 0 Å². The minimum atomic E-state index is -3.34. The van der Waals surface area contributed by atoms with E-state index in [4.69, 9.17) is 4.18 Å². The van der Waals surface area contributed by atoms with Gasteiger partial charge in [0.1, 0.15) is 0 Å². The SMILES string of the molecule is CS(=O)(=O)OCc1ccccc1C1CC1. The molecule has 0 bridgehead atoms. The highest BCUT2D eigenvalue weighted by Gasteiger charge is 2.25. The van der Waals surface area contributed by atoms with Gasteiger partial charge in [0.15, 0.2) is 0 Å². The average molecular weight is 226 g/mol. The molecule has 1 saturated carbocycles. The maximum absolute atomic E-state index is 10.9. The van der Waals surface area contributed by atoms with Crippen molar-refractivity contribution in [1.82, 2.24) is 0 Å². The summed E-state index contributed by atoms with van der Waals surface area (Å²) in [6.07, 6.45) is 3.48. The summed E-state index contributed by atoms with van der Waals surface area (Å²) >= 11 is 0. The van der Waals surface area contributed by atoms with E-state index in [1.807, 2.05) is 18.2 Å². The highest BCUT2D eigenvalue weighted by Crippen LogP contribution is 2.41. The van der Waals surface area contributed by atoms with Crippen LogP contribution in [0.4, 0.5) is 0 Å². The van der Waals surface area contributed by atoms with E-state index in [1.165, 1.54) is 18.4 Å². The van der Waals surface area contributed by atoms with Crippen LogP contribution in [0.25, 0.3) is 0 Å². The van der Waals surface area contributed by atoms with Crippen LogP contribution < -0.4 is 0 Å². The predicted octanol–water partition coefficient (Wildman–Crippen LogP) is 2.04. The summed E-state index contributed by atoms with van der Waals surface area (Å²) in [6.45, 7) is 0.158. The van der Waals surface area contributed by atoms with Gasteiger partial charge >= 0.3 is 0 Å². The lowest BCUT2D eigenvalue weighted by molar-refractivity contribution is 0.310. The molecular formula is C11H14O3S. The van der Waals surface area contributed by atoms with Gasteiger partial charge in [0.2, 0.25) is 0 Å². The van der Waals surface area contributed by atoms with E-state index < -0.39 is 10.1 Å². The molecule has 1 aliphatic rings. The fraction of sp³-hybridized carbons (Fsp3) is 0.455. The fourth-order valence-corrected chi connectivity index (χ4v) is 1.97. The molecule has 0 amide bonds. The van der Waals surface area contributed by atoms with Crippen LogP contribution in [0.2, 0.25) is 0 Å². The van der Waals surface area contributed by atoms with E-state index in [0.717, 1.165) is 11.8 Å². The third-order valence-electron chi connectivity index (χ3n) is 2.50. The lowest BCUT2D eigenvalue weighted by Crippen LogP contribution is -2.04. The third-order valence-corrected chi connectivity index (χ3v) is 3.05. The molecule has 15 heavy (non-hydrogen) atoms. The molecule has 0 spiro atoms. The van der Waals surface area contributed by atoms with Gasteiger partial charge in [-0.1, -0.05) is 24.3 Å². The van der Waals surface area contributed by atoms with Crippen LogP contribution in [0, 0.1) is 0 Å². The quantitative estimate of drug-likeness (QED) is 0.738. The first kappa shape index (κ1) is 10.6. The first-order chi connectivity index (χ1) is 7.06. The molecule has 4 heteroatoms. The Kier molecular flexibility index (Phi) is 2.80. The van der Waals surface area contributed by atoms with Gasteiger partial charge in [-0.2, -0.15) is 8.42 Å². The maximum Gasteiger partial charge on any atom is 0.264 e. The van der Waals surface area contributed by atoms with Crippen molar-refractivity contribution in [2.45, 2.75) is 25.4 Å². The first-order valence-corrected chi connectivity index (χ1v) is 6.80. The fourth-order valence-electron chi connectivity index (χ4n) is 1.63. The summed E-state index contributed by atoms with van der Waals surface area (Å²) in [5.41, 5.74) is 2.23. The van der Waals surface area contributed by atoms with Crippen LogP contribution in [0.5, 0.6) is 0 Å². The number of hydrogen-bond donors (Lipinski definition) is 0. The van der Waals surface area contributed by atoms with Crippen molar-refractivity contribution in [3.8, 4) is 0 Å². The zero-order chi connectivity index (χ0) is 10.9. The minimum Gasteiger partial charge on any atom is -0.265 e. The van der Waals surface area contributed by atoms with Gasteiger partial charge in [0.05, 0.1) is 12.9 Å². The zero-order valence-corrected chi connectivity index (χ0v) is 9.46. The van der Waals surface area contributed by atoms with Crippen LogP contribution in [-0.2, 0) is 20.9 Å². The highest BCUT2D eigenvalue weighted by molar-refractivity contribution is 7.85. The molecule has 0 heterocycles. The van der Waals surface area contributed by atoms with Crippen LogP contribution >= 0.6 is 0 Å². The monoisotopic (exact) mass is 226 g/mol. The summed E-state index contributed by atoms with van der Waals surface area (Å²) in [7, 11) is -3.34. The molecule has 0 saturated heterocycles. The van der Waals surface area contributed by atoms with Crippen LogP contribution in [0.1, 0.15) is 29.9 Å². The molecule has 0 aliphatic heterocycles. The maximum atomic E-state index is 10.9. The molecule has 1 fully saturated rings. The van der Waals surface area contributed by atoms with Gasteiger partial charge in [0.25, 0.3) is 10.1 Å². The summed E-state index contributed by atoms with van der Waals surface area (Å²) in [5.74, 6) is 0.615. The molecule has 1 aromatic rings. The van der Waals surface area contributed by atoms with Crippen LogP contribution in [-0.4, -0.2) is 14.7 Å². The largest absolute Gasteiger partial charge is 0.265 e. The Bertz CT molecular complexity index is 447. The van der Waals surface area contributed by atoms with Crippen molar-refractivity contribution >= 4 is 10.1 Å². The van der Waals surface area contributed by atoms with Crippen molar-refractivity contribution in [2.75, 3.05) is 6.26 Å². The second-order valence-electron chi connectivity index (χ2n) is 3.94. The Balaban J connectivity index is 2.13. The van der Waals surface area contributed by atoms with Gasteiger partial charge in [-0.15, -0.1) is 0 Å². The molecule has 0 radical (unpaired) electrons.